The summed E-state index contributed by atoms with van der Waals surface area (Å²) in [4.78, 5) is 47.3. The van der Waals surface area contributed by atoms with Crippen LogP contribution in [0, 0.1) is 5.92 Å². The highest BCUT2D eigenvalue weighted by Crippen LogP contribution is 2.31. The van der Waals surface area contributed by atoms with Gasteiger partial charge < -0.3 is 26.2 Å². The molecule has 2 aromatic rings. The lowest BCUT2D eigenvalue weighted by atomic mass is 9.84. The molecule has 0 bridgehead atoms. The van der Waals surface area contributed by atoms with Gasteiger partial charge in [-0.1, -0.05) is 6.42 Å². The molecule has 3 amide bonds. The number of aromatic nitrogens is 1. The molecule has 2 aliphatic carbocycles. The lowest BCUT2D eigenvalue weighted by Gasteiger charge is -2.31. The van der Waals surface area contributed by atoms with Crippen LogP contribution in [0.15, 0.2) is 42.7 Å². The van der Waals surface area contributed by atoms with Crippen LogP contribution in [0.5, 0.6) is 0 Å². The van der Waals surface area contributed by atoms with Crippen LogP contribution in [0.2, 0.25) is 0 Å². The van der Waals surface area contributed by atoms with Crippen molar-refractivity contribution >= 4 is 29.1 Å². The number of carbonyl (C=O) groups is 3. The summed E-state index contributed by atoms with van der Waals surface area (Å²) >= 11 is 0. The topological polar surface area (TPSA) is 121 Å². The van der Waals surface area contributed by atoms with Crippen molar-refractivity contribution in [3.05, 3.63) is 53.9 Å². The quantitative estimate of drug-likeness (QED) is 0.540. The second kappa shape index (κ2) is 11.9. The van der Waals surface area contributed by atoms with Gasteiger partial charge in [0, 0.05) is 62.1 Å². The summed E-state index contributed by atoms with van der Waals surface area (Å²) < 4.78 is 0. The smallest absolute Gasteiger partial charge is 0.257 e. The lowest BCUT2D eigenvalue weighted by Crippen LogP contribution is -2.41. The Morgan fingerprint density at radius 2 is 1.68 bits per heavy atom. The average Bonchev–Trinajstić information content (AvgIpc) is 3.16. The fraction of sp³-hybridized carbons (Fsp3) is 0.517. The second-order valence-corrected chi connectivity index (χ2v) is 10.8. The van der Waals surface area contributed by atoms with Crippen LogP contribution in [0.25, 0.3) is 0 Å². The van der Waals surface area contributed by atoms with Crippen molar-refractivity contribution in [2.24, 2.45) is 11.7 Å². The number of nitrogens with one attached hydrogen (secondary N) is 2. The molecule has 4 N–H and O–H groups in total. The Labute approximate surface area is 224 Å². The molecule has 2 saturated carbocycles. The normalized spacial score (nSPS) is 22.2. The third kappa shape index (κ3) is 6.15. The highest BCUT2D eigenvalue weighted by Gasteiger charge is 2.31. The van der Waals surface area contributed by atoms with Crippen molar-refractivity contribution in [3.63, 3.8) is 0 Å². The average molecular weight is 519 g/mol. The maximum atomic E-state index is 13.1. The molecule has 38 heavy (non-hydrogen) atoms. The van der Waals surface area contributed by atoms with Gasteiger partial charge in [0.15, 0.2) is 0 Å². The van der Waals surface area contributed by atoms with E-state index in [1.165, 1.54) is 6.20 Å². The van der Waals surface area contributed by atoms with Crippen molar-refractivity contribution in [2.45, 2.75) is 63.5 Å². The van der Waals surface area contributed by atoms with Crippen LogP contribution in [-0.4, -0.2) is 65.9 Å². The molecule has 1 saturated heterocycles. The number of nitrogens with two attached hydrogens (primary N) is 1. The van der Waals surface area contributed by atoms with Gasteiger partial charge in [-0.3, -0.25) is 19.4 Å². The zero-order valence-electron chi connectivity index (χ0n) is 21.9. The maximum absolute atomic E-state index is 13.1. The summed E-state index contributed by atoms with van der Waals surface area (Å²) in [6.45, 7) is 2.83. The largest absolute Gasteiger partial charge is 0.368 e. The first kappa shape index (κ1) is 26.2. The van der Waals surface area contributed by atoms with Crippen molar-refractivity contribution in [1.29, 1.82) is 0 Å². The predicted octanol–water partition coefficient (Wildman–Crippen LogP) is 3.17. The molecule has 1 aromatic heterocycles. The van der Waals surface area contributed by atoms with Crippen LogP contribution < -0.4 is 21.3 Å². The molecule has 1 aliphatic heterocycles. The summed E-state index contributed by atoms with van der Waals surface area (Å²) in [5.41, 5.74) is 8.39. The number of anilines is 2. The number of pyridine rings is 1. The van der Waals surface area contributed by atoms with Crippen LogP contribution in [0.4, 0.5) is 11.4 Å². The summed E-state index contributed by atoms with van der Waals surface area (Å²) in [5.74, 6) is 0.0318. The number of amides is 3. The van der Waals surface area contributed by atoms with Crippen molar-refractivity contribution in [2.75, 3.05) is 36.4 Å². The minimum atomic E-state index is -0.283. The molecule has 202 valence electrons. The molecule has 0 unspecified atom stereocenters. The zero-order valence-corrected chi connectivity index (χ0v) is 21.9. The van der Waals surface area contributed by atoms with E-state index in [0.29, 0.717) is 29.9 Å². The molecule has 9 nitrogen and oxygen atoms in total. The predicted molar refractivity (Wildman–Crippen MR) is 147 cm³/mol. The minimum absolute atomic E-state index is 0.111. The van der Waals surface area contributed by atoms with E-state index in [1.807, 2.05) is 17.0 Å². The number of carbonyl (C=O) groups excluding carboxylic acids is 3. The van der Waals surface area contributed by atoms with E-state index < -0.39 is 0 Å². The van der Waals surface area contributed by atoms with Crippen molar-refractivity contribution in [3.8, 4) is 0 Å². The van der Waals surface area contributed by atoms with E-state index in [2.05, 4.69) is 20.5 Å². The first-order chi connectivity index (χ1) is 18.5. The Hall–Kier alpha value is -3.46. The van der Waals surface area contributed by atoms with E-state index in [0.717, 1.165) is 70.1 Å². The SMILES string of the molecule is NC1CCC(NC(=O)c2ccc(N3CCCN(C(=O)C4CCC4)CC3)c(NC(=O)c3cccnc3)c2)CC1. The second-order valence-electron chi connectivity index (χ2n) is 10.8. The molecule has 5 rings (SSSR count). The van der Waals surface area contributed by atoms with Crippen molar-refractivity contribution in [1.82, 2.24) is 15.2 Å². The van der Waals surface area contributed by atoms with Crippen LogP contribution in [0.3, 0.4) is 0 Å². The van der Waals surface area contributed by atoms with Gasteiger partial charge in [0.2, 0.25) is 5.91 Å². The van der Waals surface area contributed by atoms with Gasteiger partial charge in [-0.25, -0.2) is 0 Å². The highest BCUT2D eigenvalue weighted by molar-refractivity contribution is 6.07. The van der Waals surface area contributed by atoms with E-state index >= 15 is 0 Å². The molecule has 9 heteroatoms. The molecule has 2 heterocycles. The third-order valence-corrected chi connectivity index (χ3v) is 8.14. The molecule has 3 fully saturated rings. The van der Waals surface area contributed by atoms with Crippen LogP contribution in [0.1, 0.15) is 72.1 Å². The van der Waals surface area contributed by atoms with Crippen LogP contribution >= 0.6 is 0 Å². The third-order valence-electron chi connectivity index (χ3n) is 8.14. The molecular weight excluding hydrogens is 480 g/mol. The highest BCUT2D eigenvalue weighted by atomic mass is 16.2. The first-order valence-electron chi connectivity index (χ1n) is 13.9. The Kier molecular flexibility index (Phi) is 8.22. The van der Waals surface area contributed by atoms with Crippen LogP contribution in [-0.2, 0) is 4.79 Å². The fourth-order valence-electron chi connectivity index (χ4n) is 5.57. The zero-order chi connectivity index (χ0) is 26.5. The fourth-order valence-corrected chi connectivity index (χ4v) is 5.57. The van der Waals surface area contributed by atoms with E-state index in [9.17, 15) is 14.4 Å². The lowest BCUT2D eigenvalue weighted by molar-refractivity contribution is -0.137. The Morgan fingerprint density at radius 3 is 2.39 bits per heavy atom. The summed E-state index contributed by atoms with van der Waals surface area (Å²) in [7, 11) is 0. The molecule has 0 radical (unpaired) electrons. The maximum Gasteiger partial charge on any atom is 0.257 e. The Balaban J connectivity index is 1.34. The summed E-state index contributed by atoms with van der Waals surface area (Å²) in [6.07, 6.45) is 10.7. The van der Waals surface area contributed by atoms with Gasteiger partial charge in [0.25, 0.3) is 11.8 Å². The minimum Gasteiger partial charge on any atom is -0.368 e. The van der Waals surface area contributed by atoms with Crippen molar-refractivity contribution < 1.29 is 14.4 Å². The van der Waals surface area contributed by atoms with Gasteiger partial charge in [0.1, 0.15) is 0 Å². The van der Waals surface area contributed by atoms with Gasteiger partial charge in [-0.2, -0.15) is 0 Å². The van der Waals surface area contributed by atoms with E-state index in [4.69, 9.17) is 5.73 Å². The standard InChI is InChI=1S/C29H38N6O3/c30-23-8-10-24(11-9-23)32-27(36)21-7-12-26(25(18-21)33-28(37)22-6-2-13-31-19-22)34-14-3-15-35(17-16-34)29(38)20-4-1-5-20/h2,6-7,12-13,18-20,23-24H,1,3-5,8-11,14-17,30H2,(H,32,36)(H,33,37). The molecule has 3 aliphatic rings. The summed E-state index contributed by atoms with van der Waals surface area (Å²) in [6, 6.07) is 9.25. The van der Waals surface area contributed by atoms with Gasteiger partial charge in [-0.15, -0.1) is 0 Å². The van der Waals surface area contributed by atoms with E-state index in [-0.39, 0.29) is 35.7 Å². The monoisotopic (exact) mass is 518 g/mol. The molecule has 1 aromatic carbocycles. The van der Waals surface area contributed by atoms with Gasteiger partial charge >= 0.3 is 0 Å². The first-order valence-corrected chi connectivity index (χ1v) is 13.9. The number of hydrogen-bond donors (Lipinski definition) is 3. The molecule has 0 atom stereocenters. The van der Waals surface area contributed by atoms with Gasteiger partial charge in [0.05, 0.1) is 16.9 Å². The number of nitrogens with zero attached hydrogens (tertiary/aromatic N) is 3. The molecule has 0 spiro atoms. The Bertz CT molecular complexity index is 1140. The van der Waals surface area contributed by atoms with E-state index in [1.54, 1.807) is 24.4 Å². The molecular formula is C29H38N6O3. The number of hydrogen-bond acceptors (Lipinski definition) is 6. The van der Waals surface area contributed by atoms with Gasteiger partial charge in [-0.05, 0) is 75.3 Å². The Morgan fingerprint density at radius 1 is 0.868 bits per heavy atom. The number of benzene rings is 1. The number of rotatable bonds is 6. The summed E-state index contributed by atoms with van der Waals surface area (Å²) in [5, 5.41) is 6.16.